The summed E-state index contributed by atoms with van der Waals surface area (Å²) in [6.07, 6.45) is 2.85. The Labute approximate surface area is 148 Å². The fraction of sp³-hybridized carbons (Fsp3) is 0.167. The first-order valence-electron chi connectivity index (χ1n) is 7.70. The first-order chi connectivity index (χ1) is 12.0. The zero-order chi connectivity index (χ0) is 17.8. The Balaban J connectivity index is 1.66. The number of halogens is 1. The summed E-state index contributed by atoms with van der Waals surface area (Å²) in [7, 11) is 0. The molecule has 1 amide bonds. The van der Waals surface area contributed by atoms with Gasteiger partial charge in [-0.2, -0.15) is 0 Å². The molecule has 0 spiro atoms. The van der Waals surface area contributed by atoms with Crippen molar-refractivity contribution in [2.75, 3.05) is 5.32 Å². The first kappa shape index (κ1) is 17.0. The highest BCUT2D eigenvalue weighted by atomic mass is 32.1. The van der Waals surface area contributed by atoms with Gasteiger partial charge in [-0.15, -0.1) is 10.2 Å². The standard InChI is InChI=1S/C18H16FN3O2S/c1-11(2)17-21-22-18(25-17)20-16(23)10-8-12-7-9-15(24-12)13-5-3-4-6-14(13)19/h3-11H,1-2H3,(H,20,22,23). The van der Waals surface area contributed by atoms with Gasteiger partial charge < -0.3 is 4.42 Å². The van der Waals surface area contributed by atoms with Gasteiger partial charge in [0.25, 0.3) is 0 Å². The first-order valence-corrected chi connectivity index (χ1v) is 8.52. The summed E-state index contributed by atoms with van der Waals surface area (Å²) in [5, 5.41) is 11.9. The van der Waals surface area contributed by atoms with Crippen molar-refractivity contribution < 1.29 is 13.6 Å². The molecule has 0 bridgehead atoms. The number of hydrogen-bond acceptors (Lipinski definition) is 5. The second-order valence-corrected chi connectivity index (χ2v) is 6.61. The van der Waals surface area contributed by atoms with Gasteiger partial charge in [0, 0.05) is 12.0 Å². The van der Waals surface area contributed by atoms with E-state index in [0.29, 0.717) is 22.2 Å². The Morgan fingerprint density at radius 1 is 1.24 bits per heavy atom. The molecule has 0 aliphatic carbocycles. The van der Waals surface area contributed by atoms with E-state index in [0.717, 1.165) is 5.01 Å². The average Bonchev–Trinajstić information content (AvgIpc) is 3.23. The van der Waals surface area contributed by atoms with E-state index in [2.05, 4.69) is 15.5 Å². The third kappa shape index (κ3) is 4.19. The monoisotopic (exact) mass is 357 g/mol. The molecule has 0 saturated carbocycles. The number of carbonyl (C=O) groups is 1. The van der Waals surface area contributed by atoms with E-state index < -0.39 is 0 Å². The molecule has 2 heterocycles. The Morgan fingerprint density at radius 3 is 2.76 bits per heavy atom. The number of carbonyl (C=O) groups excluding carboxylic acids is 1. The lowest BCUT2D eigenvalue weighted by atomic mass is 10.1. The van der Waals surface area contributed by atoms with Gasteiger partial charge in [-0.05, 0) is 30.3 Å². The topological polar surface area (TPSA) is 68.0 Å². The van der Waals surface area contributed by atoms with Crippen LogP contribution in [0.1, 0.15) is 30.5 Å². The van der Waals surface area contributed by atoms with Crippen LogP contribution in [0.4, 0.5) is 9.52 Å². The summed E-state index contributed by atoms with van der Waals surface area (Å²) in [6.45, 7) is 4.02. The van der Waals surface area contributed by atoms with Crippen LogP contribution in [0.3, 0.4) is 0 Å². The van der Waals surface area contributed by atoms with Crippen LogP contribution in [0.5, 0.6) is 0 Å². The van der Waals surface area contributed by atoms with Crippen molar-refractivity contribution in [3.63, 3.8) is 0 Å². The van der Waals surface area contributed by atoms with Gasteiger partial charge in [-0.25, -0.2) is 4.39 Å². The van der Waals surface area contributed by atoms with Gasteiger partial charge in [-0.1, -0.05) is 37.3 Å². The highest BCUT2D eigenvalue weighted by Gasteiger charge is 2.10. The summed E-state index contributed by atoms with van der Waals surface area (Å²) in [4.78, 5) is 11.9. The summed E-state index contributed by atoms with van der Waals surface area (Å²) in [5.41, 5.74) is 0.377. The van der Waals surface area contributed by atoms with E-state index in [1.54, 1.807) is 30.3 Å². The van der Waals surface area contributed by atoms with Crippen molar-refractivity contribution in [1.82, 2.24) is 10.2 Å². The van der Waals surface area contributed by atoms with Gasteiger partial charge in [0.05, 0.1) is 5.56 Å². The molecule has 0 fully saturated rings. The second-order valence-electron chi connectivity index (χ2n) is 5.60. The highest BCUT2D eigenvalue weighted by Crippen LogP contribution is 2.25. The Bertz CT molecular complexity index is 914. The zero-order valence-electron chi connectivity index (χ0n) is 13.7. The van der Waals surface area contributed by atoms with Crippen LogP contribution in [0.25, 0.3) is 17.4 Å². The van der Waals surface area contributed by atoms with E-state index in [1.807, 2.05) is 13.8 Å². The number of nitrogens with one attached hydrogen (secondary N) is 1. The second kappa shape index (κ2) is 7.40. The third-order valence-corrected chi connectivity index (χ3v) is 4.47. The number of benzene rings is 1. The van der Waals surface area contributed by atoms with Crippen molar-refractivity contribution in [1.29, 1.82) is 0 Å². The van der Waals surface area contributed by atoms with E-state index in [4.69, 9.17) is 4.42 Å². The Morgan fingerprint density at radius 2 is 2.04 bits per heavy atom. The summed E-state index contributed by atoms with van der Waals surface area (Å²) in [6, 6.07) is 9.69. The molecule has 0 aliphatic heterocycles. The third-order valence-electron chi connectivity index (χ3n) is 3.33. The number of nitrogens with zero attached hydrogens (tertiary/aromatic N) is 2. The molecular formula is C18H16FN3O2S. The van der Waals surface area contributed by atoms with Gasteiger partial charge in [0.2, 0.25) is 11.0 Å². The predicted molar refractivity (Wildman–Crippen MR) is 95.8 cm³/mol. The molecule has 0 aliphatic rings. The van der Waals surface area contributed by atoms with Crippen LogP contribution in [-0.4, -0.2) is 16.1 Å². The molecule has 3 aromatic rings. The highest BCUT2D eigenvalue weighted by molar-refractivity contribution is 7.15. The van der Waals surface area contributed by atoms with E-state index in [1.165, 1.54) is 29.6 Å². The lowest BCUT2D eigenvalue weighted by Gasteiger charge is -1.98. The van der Waals surface area contributed by atoms with Crippen LogP contribution in [-0.2, 0) is 4.79 Å². The zero-order valence-corrected chi connectivity index (χ0v) is 14.5. The van der Waals surface area contributed by atoms with Gasteiger partial charge >= 0.3 is 0 Å². The molecule has 0 unspecified atom stereocenters. The Kier molecular flexibility index (Phi) is 5.04. The maximum atomic E-state index is 13.7. The van der Waals surface area contributed by atoms with Crippen LogP contribution in [0, 0.1) is 5.82 Å². The maximum absolute atomic E-state index is 13.7. The average molecular weight is 357 g/mol. The number of aromatic nitrogens is 2. The van der Waals surface area contributed by atoms with Crippen molar-refractivity contribution in [2.45, 2.75) is 19.8 Å². The lowest BCUT2D eigenvalue weighted by molar-refractivity contribution is -0.111. The SMILES string of the molecule is CC(C)c1nnc(NC(=O)C=Cc2ccc(-c3ccccc3F)o2)s1. The van der Waals surface area contributed by atoms with Crippen molar-refractivity contribution in [3.8, 4) is 11.3 Å². The molecule has 25 heavy (non-hydrogen) atoms. The van der Waals surface area contributed by atoms with E-state index >= 15 is 0 Å². The van der Waals surface area contributed by atoms with E-state index in [-0.39, 0.29) is 17.6 Å². The molecule has 128 valence electrons. The van der Waals surface area contributed by atoms with E-state index in [9.17, 15) is 9.18 Å². The molecule has 5 nitrogen and oxygen atoms in total. The quantitative estimate of drug-likeness (QED) is 0.671. The van der Waals surface area contributed by atoms with Crippen LogP contribution in [0.15, 0.2) is 46.9 Å². The largest absolute Gasteiger partial charge is 0.457 e. The number of hydrogen-bond donors (Lipinski definition) is 1. The normalized spacial score (nSPS) is 11.4. The summed E-state index contributed by atoms with van der Waals surface area (Å²) >= 11 is 1.34. The van der Waals surface area contributed by atoms with Crippen LogP contribution < -0.4 is 5.32 Å². The van der Waals surface area contributed by atoms with Gasteiger partial charge in [-0.3, -0.25) is 10.1 Å². The Hall–Kier alpha value is -2.80. The smallest absolute Gasteiger partial charge is 0.250 e. The molecule has 1 N–H and O–H groups in total. The molecular weight excluding hydrogens is 341 g/mol. The lowest BCUT2D eigenvalue weighted by Crippen LogP contribution is -2.07. The van der Waals surface area contributed by atoms with Crippen LogP contribution in [0.2, 0.25) is 0 Å². The molecule has 3 rings (SSSR count). The fourth-order valence-corrected chi connectivity index (χ4v) is 2.82. The van der Waals surface area contributed by atoms with Gasteiger partial charge in [0.15, 0.2) is 0 Å². The summed E-state index contributed by atoms with van der Waals surface area (Å²) < 4.78 is 19.3. The molecule has 0 radical (unpaired) electrons. The van der Waals surface area contributed by atoms with Crippen LogP contribution >= 0.6 is 11.3 Å². The molecule has 1 aromatic carbocycles. The number of rotatable bonds is 5. The van der Waals surface area contributed by atoms with Crippen molar-refractivity contribution >= 4 is 28.5 Å². The number of amides is 1. The molecule has 0 atom stereocenters. The number of furan rings is 1. The fourth-order valence-electron chi connectivity index (χ4n) is 2.07. The minimum Gasteiger partial charge on any atom is -0.457 e. The maximum Gasteiger partial charge on any atom is 0.250 e. The van der Waals surface area contributed by atoms with Crippen molar-refractivity contribution in [2.24, 2.45) is 0 Å². The van der Waals surface area contributed by atoms with Crippen molar-refractivity contribution in [3.05, 3.63) is 59.1 Å². The minimum atomic E-state index is -0.359. The predicted octanol–water partition coefficient (Wildman–Crippen LogP) is 4.71. The minimum absolute atomic E-state index is 0.263. The summed E-state index contributed by atoms with van der Waals surface area (Å²) in [5.74, 6) is 0.425. The number of anilines is 1. The molecule has 2 aromatic heterocycles. The molecule has 7 heteroatoms. The van der Waals surface area contributed by atoms with Gasteiger partial charge in [0.1, 0.15) is 22.3 Å². The molecule has 0 saturated heterocycles.